The molecule has 68 heavy (non-hydrogen) atoms. The van der Waals surface area contributed by atoms with Crippen molar-refractivity contribution in [2.45, 2.75) is 143 Å². The van der Waals surface area contributed by atoms with Crippen molar-refractivity contribution in [3.8, 4) is 5.75 Å². The first-order valence-electron chi connectivity index (χ1n) is 23.4. The number of nitrogens with one attached hydrogen (secondary N) is 5. The Bertz CT molecular complexity index is 2110. The molecule has 8 atom stereocenters. The molecule has 2 aromatic carbocycles. The minimum atomic E-state index is -1.26. The monoisotopic (exact) mass is 966 g/mol. The van der Waals surface area contributed by atoms with Crippen LogP contribution in [-0.2, 0) is 60.7 Å². The third kappa shape index (κ3) is 16.9. The van der Waals surface area contributed by atoms with Gasteiger partial charge in [-0.15, -0.1) is 0 Å². The fraction of sp³-hybridized carbons (Fsp3) is 0.580. The predicted octanol–water partition coefficient (Wildman–Crippen LogP) is 4.51. The molecule has 2 aliphatic heterocycles. The molecule has 1 fully saturated rings. The first-order valence-corrected chi connectivity index (χ1v) is 23.8. The number of hydrogen-bond acceptors (Lipinski definition) is 12. The number of carbonyl (C=O) groups is 7. The standard InChI is InChI=1S/C50H71ClN6O11/c1-28(2)23-40-48(63)66-38(14-12-15-41(59)56-37(25-33-18-21-39(65-9)35(51)24-33)46(61)55-27-50(7,8)49(64)67-40)30(5)43-44(68-43)34-19-16-32(17-20-34)26-54-45(60)36(13-10-11-22-53-31(6)58)57-47(62)42(52)29(3)4/h12,15-21,24,28-30,36-38,40,42-44H,10-11,13-14,22-23,25-27,52H2,1-9H3,(H,53,58)(H,54,60)(H,55,61)(H,56,59)(H,57,62)/b15-12+/t30-,36-,37+,38-,40-,42-,43+,44+/m0/s1. The maximum atomic E-state index is 13.9. The number of benzene rings is 2. The van der Waals surface area contributed by atoms with Crippen LogP contribution in [0.15, 0.2) is 54.6 Å². The third-order valence-electron chi connectivity index (χ3n) is 12.0. The second-order valence-corrected chi connectivity index (χ2v) is 19.5. The molecule has 17 nitrogen and oxygen atoms in total. The number of hydrogen-bond donors (Lipinski definition) is 6. The number of cyclic esters (lactones) is 2. The zero-order chi connectivity index (χ0) is 50.3. The summed E-state index contributed by atoms with van der Waals surface area (Å²) in [6.45, 7) is 14.5. The molecule has 0 aliphatic carbocycles. The lowest BCUT2D eigenvalue weighted by atomic mass is 9.92. The summed E-state index contributed by atoms with van der Waals surface area (Å²) in [5.41, 5.74) is 7.12. The van der Waals surface area contributed by atoms with E-state index in [4.69, 9.17) is 36.3 Å². The summed E-state index contributed by atoms with van der Waals surface area (Å²) < 4.78 is 23.4. The summed E-state index contributed by atoms with van der Waals surface area (Å²) in [4.78, 5) is 92.0. The summed E-state index contributed by atoms with van der Waals surface area (Å²) in [7, 11) is 1.49. The average Bonchev–Trinajstić information content (AvgIpc) is 4.09. The molecule has 0 unspecified atom stereocenters. The van der Waals surface area contributed by atoms with Crippen molar-refractivity contribution in [1.29, 1.82) is 0 Å². The van der Waals surface area contributed by atoms with Gasteiger partial charge in [0.1, 0.15) is 30.0 Å². The van der Waals surface area contributed by atoms with E-state index in [2.05, 4.69) is 26.6 Å². The Hall–Kier alpha value is -5.52. The van der Waals surface area contributed by atoms with Crippen LogP contribution in [0.5, 0.6) is 5.75 Å². The smallest absolute Gasteiger partial charge is 0.347 e. The van der Waals surface area contributed by atoms with Crippen LogP contribution in [0.3, 0.4) is 0 Å². The first kappa shape index (κ1) is 55.1. The van der Waals surface area contributed by atoms with Crippen LogP contribution in [0, 0.1) is 23.2 Å². The van der Waals surface area contributed by atoms with E-state index in [0.29, 0.717) is 42.1 Å². The summed E-state index contributed by atoms with van der Waals surface area (Å²) in [6, 6.07) is 9.95. The van der Waals surface area contributed by atoms with Gasteiger partial charge in [0.15, 0.2) is 6.10 Å². The third-order valence-corrected chi connectivity index (χ3v) is 12.3. The van der Waals surface area contributed by atoms with Crippen molar-refractivity contribution < 1.29 is 52.5 Å². The summed E-state index contributed by atoms with van der Waals surface area (Å²) in [5, 5.41) is 14.3. The van der Waals surface area contributed by atoms with Crippen LogP contribution in [0.1, 0.15) is 110 Å². The van der Waals surface area contributed by atoms with Crippen LogP contribution in [0.4, 0.5) is 0 Å². The van der Waals surface area contributed by atoms with Gasteiger partial charge in [-0.2, -0.15) is 0 Å². The van der Waals surface area contributed by atoms with E-state index >= 15 is 0 Å². The number of halogens is 1. The van der Waals surface area contributed by atoms with Gasteiger partial charge in [-0.3, -0.25) is 28.8 Å². The van der Waals surface area contributed by atoms with Crippen molar-refractivity contribution in [1.82, 2.24) is 26.6 Å². The molecular weight excluding hydrogens is 896 g/mol. The maximum absolute atomic E-state index is 13.9. The lowest BCUT2D eigenvalue weighted by Crippen LogP contribution is -2.52. The first-order chi connectivity index (χ1) is 32.1. The Morgan fingerprint density at radius 2 is 1.63 bits per heavy atom. The lowest BCUT2D eigenvalue weighted by Gasteiger charge is -2.29. The molecular formula is C50H71ClN6O11. The van der Waals surface area contributed by atoms with E-state index in [1.807, 2.05) is 58.9 Å². The molecule has 0 aromatic heterocycles. The van der Waals surface area contributed by atoms with Crippen LogP contribution < -0.4 is 37.1 Å². The van der Waals surface area contributed by atoms with Crippen molar-refractivity contribution >= 4 is 53.1 Å². The number of ether oxygens (including phenoxy) is 4. The number of rotatable bonds is 19. The van der Waals surface area contributed by atoms with E-state index in [1.54, 1.807) is 38.1 Å². The number of amides is 5. The number of epoxide rings is 1. The predicted molar refractivity (Wildman–Crippen MR) is 256 cm³/mol. The molecule has 0 saturated carbocycles. The molecule has 5 amide bonds. The number of unbranched alkanes of at least 4 members (excludes halogenated alkanes) is 1. The SMILES string of the molecule is COc1ccc(C[C@H]2NC(=O)/C=C/C[C@@H]([C@H](C)[C@H]3O[C@@H]3c3ccc(CNC(=O)[C@H](CCCCNC(C)=O)NC(=O)[C@@H](N)C(C)C)cc3)OC(=O)[C@H](CC(C)C)OC(=O)C(C)(C)CNC2=O)cc1Cl. The molecule has 2 aliphatic rings. The van der Waals surface area contributed by atoms with Crippen molar-refractivity contribution in [2.24, 2.45) is 28.9 Å². The maximum Gasteiger partial charge on any atom is 0.347 e. The molecule has 1 saturated heterocycles. The Balaban J connectivity index is 1.48. The van der Waals surface area contributed by atoms with E-state index in [0.717, 1.165) is 11.1 Å². The highest BCUT2D eigenvalue weighted by Crippen LogP contribution is 2.45. The largest absolute Gasteiger partial charge is 0.495 e. The minimum Gasteiger partial charge on any atom is -0.495 e. The molecule has 2 heterocycles. The Morgan fingerprint density at radius 3 is 2.26 bits per heavy atom. The van der Waals surface area contributed by atoms with Gasteiger partial charge in [0.25, 0.3) is 0 Å². The van der Waals surface area contributed by atoms with Gasteiger partial charge in [0, 0.05) is 45.3 Å². The minimum absolute atomic E-state index is 0.0454. The van der Waals surface area contributed by atoms with Gasteiger partial charge in [-0.1, -0.05) is 82.6 Å². The summed E-state index contributed by atoms with van der Waals surface area (Å²) in [6.07, 6.45) is 2.06. The van der Waals surface area contributed by atoms with E-state index in [1.165, 1.54) is 20.1 Å². The highest BCUT2D eigenvalue weighted by Gasteiger charge is 2.48. The van der Waals surface area contributed by atoms with Crippen molar-refractivity contribution in [2.75, 3.05) is 20.2 Å². The Morgan fingerprint density at radius 1 is 0.941 bits per heavy atom. The van der Waals surface area contributed by atoms with Crippen LogP contribution in [0.2, 0.25) is 5.02 Å². The quantitative estimate of drug-likeness (QED) is 0.0647. The Labute approximate surface area is 405 Å². The highest BCUT2D eigenvalue weighted by atomic mass is 35.5. The molecule has 374 valence electrons. The van der Waals surface area contributed by atoms with Gasteiger partial charge in [0.05, 0.1) is 29.7 Å². The second kappa shape index (κ2) is 25.7. The zero-order valence-corrected chi connectivity index (χ0v) is 41.5. The van der Waals surface area contributed by atoms with Gasteiger partial charge >= 0.3 is 11.9 Å². The van der Waals surface area contributed by atoms with Crippen molar-refractivity contribution in [3.05, 3.63) is 76.3 Å². The molecule has 0 spiro atoms. The van der Waals surface area contributed by atoms with Crippen molar-refractivity contribution in [3.63, 3.8) is 0 Å². The van der Waals surface area contributed by atoms with Gasteiger partial charge in [-0.25, -0.2) is 4.79 Å². The average molecular weight is 968 g/mol. The molecule has 7 N–H and O–H groups in total. The Kier molecular flexibility index (Phi) is 20.8. The van der Waals surface area contributed by atoms with E-state index < -0.39 is 71.3 Å². The fourth-order valence-corrected chi connectivity index (χ4v) is 7.82. The molecule has 4 rings (SSSR count). The zero-order valence-electron chi connectivity index (χ0n) is 40.8. The molecule has 18 heteroatoms. The van der Waals surface area contributed by atoms with Gasteiger partial charge < -0.3 is 51.3 Å². The fourth-order valence-electron chi connectivity index (χ4n) is 7.54. The second-order valence-electron chi connectivity index (χ2n) is 19.1. The number of methoxy groups -OCH3 is 1. The summed E-state index contributed by atoms with van der Waals surface area (Å²) >= 11 is 6.37. The molecule has 0 bridgehead atoms. The number of carbonyl (C=O) groups excluding carboxylic acids is 7. The van der Waals surface area contributed by atoms with E-state index in [-0.39, 0.29) is 68.2 Å². The van der Waals surface area contributed by atoms with Crippen LogP contribution >= 0.6 is 11.6 Å². The van der Waals surface area contributed by atoms with Crippen LogP contribution in [0.25, 0.3) is 0 Å². The summed E-state index contributed by atoms with van der Waals surface area (Å²) in [5.74, 6) is -3.54. The topological polar surface area (TPSA) is 246 Å². The number of nitrogens with two attached hydrogens (primary N) is 1. The molecule has 2 aromatic rings. The lowest BCUT2D eigenvalue weighted by molar-refractivity contribution is -0.179. The van der Waals surface area contributed by atoms with Gasteiger partial charge in [-0.05, 0) is 86.3 Å². The molecule has 0 radical (unpaired) electrons. The highest BCUT2D eigenvalue weighted by molar-refractivity contribution is 6.32. The normalized spacial score (nSPS) is 22.9. The van der Waals surface area contributed by atoms with Crippen LogP contribution in [-0.4, -0.2) is 98.1 Å². The number of esters is 2. The van der Waals surface area contributed by atoms with Gasteiger partial charge in [0.2, 0.25) is 29.5 Å². The van der Waals surface area contributed by atoms with E-state index in [9.17, 15) is 33.6 Å².